The highest BCUT2D eigenvalue weighted by Gasteiger charge is 2.13. The summed E-state index contributed by atoms with van der Waals surface area (Å²) in [5.74, 6) is 1.31. The summed E-state index contributed by atoms with van der Waals surface area (Å²) in [5.41, 5.74) is 2.22. The molecule has 0 saturated carbocycles. The van der Waals surface area contributed by atoms with Crippen LogP contribution in [0.25, 0.3) is 10.8 Å². The van der Waals surface area contributed by atoms with Gasteiger partial charge in [0.2, 0.25) is 0 Å². The molecule has 32 heavy (non-hydrogen) atoms. The number of rotatable bonds is 8. The maximum absolute atomic E-state index is 12.8. The zero-order valence-corrected chi connectivity index (χ0v) is 18.6. The van der Waals surface area contributed by atoms with Gasteiger partial charge in [-0.2, -0.15) is 0 Å². The minimum atomic E-state index is -0.181. The Kier molecular flexibility index (Phi) is 6.93. The average molecular weight is 446 g/mol. The summed E-state index contributed by atoms with van der Waals surface area (Å²) in [6, 6.07) is 26.9. The predicted molar refractivity (Wildman–Crippen MR) is 129 cm³/mol. The molecule has 4 rings (SSSR count). The van der Waals surface area contributed by atoms with E-state index in [2.05, 4.69) is 17.4 Å². The molecule has 0 aliphatic heterocycles. The molecule has 0 radical (unpaired) electrons. The first-order valence-corrected chi connectivity index (χ1v) is 10.9. The van der Waals surface area contributed by atoms with Crippen LogP contribution in [0.5, 0.6) is 11.5 Å². The highest BCUT2D eigenvalue weighted by Crippen LogP contribution is 2.28. The van der Waals surface area contributed by atoms with Gasteiger partial charge in [0.1, 0.15) is 18.1 Å². The monoisotopic (exact) mass is 445 g/mol. The van der Waals surface area contributed by atoms with Crippen molar-refractivity contribution >= 4 is 28.3 Å². The topological polar surface area (TPSA) is 47.6 Å². The van der Waals surface area contributed by atoms with E-state index in [1.165, 1.54) is 0 Å². The summed E-state index contributed by atoms with van der Waals surface area (Å²) in [5, 5.41) is 5.71. The van der Waals surface area contributed by atoms with Crippen molar-refractivity contribution in [2.45, 2.75) is 20.1 Å². The van der Waals surface area contributed by atoms with Crippen LogP contribution in [0.4, 0.5) is 0 Å². The van der Waals surface area contributed by atoms with Gasteiger partial charge < -0.3 is 14.8 Å². The lowest BCUT2D eigenvalue weighted by molar-refractivity contribution is 0.0950. The van der Waals surface area contributed by atoms with Gasteiger partial charge in [0.15, 0.2) is 0 Å². The summed E-state index contributed by atoms with van der Waals surface area (Å²) in [7, 11) is 0. The second-order valence-corrected chi connectivity index (χ2v) is 7.70. The SMILES string of the molecule is CCOc1ccc(C(=O)NCc2ccccc2Cl)cc1COc1cccc2ccccc12. The summed E-state index contributed by atoms with van der Waals surface area (Å²) >= 11 is 6.19. The molecule has 4 aromatic carbocycles. The van der Waals surface area contributed by atoms with Crippen LogP contribution in [0.15, 0.2) is 84.9 Å². The molecule has 0 heterocycles. The normalized spacial score (nSPS) is 10.7. The van der Waals surface area contributed by atoms with Crippen molar-refractivity contribution in [1.29, 1.82) is 0 Å². The van der Waals surface area contributed by atoms with Crippen molar-refractivity contribution in [2.75, 3.05) is 6.61 Å². The fraction of sp³-hybridized carbons (Fsp3) is 0.148. The van der Waals surface area contributed by atoms with Crippen molar-refractivity contribution in [3.05, 3.63) is 107 Å². The van der Waals surface area contributed by atoms with E-state index in [1.807, 2.05) is 73.7 Å². The highest BCUT2D eigenvalue weighted by atomic mass is 35.5. The Bertz CT molecular complexity index is 1230. The first kappa shape index (κ1) is 21.7. The number of halogens is 1. The summed E-state index contributed by atoms with van der Waals surface area (Å²) in [6.45, 7) is 3.10. The number of carbonyl (C=O) groups is 1. The fourth-order valence-electron chi connectivity index (χ4n) is 3.53. The molecule has 0 atom stereocenters. The second-order valence-electron chi connectivity index (χ2n) is 7.30. The fourth-order valence-corrected chi connectivity index (χ4v) is 3.73. The first-order valence-electron chi connectivity index (χ1n) is 10.5. The third-order valence-corrected chi connectivity index (χ3v) is 5.52. The maximum atomic E-state index is 12.8. The molecule has 0 unspecified atom stereocenters. The predicted octanol–water partition coefficient (Wildman–Crippen LogP) is 6.40. The van der Waals surface area contributed by atoms with Crippen LogP contribution in [-0.2, 0) is 13.2 Å². The minimum absolute atomic E-state index is 0.181. The van der Waals surface area contributed by atoms with Crippen LogP contribution in [0.2, 0.25) is 5.02 Å². The van der Waals surface area contributed by atoms with Gasteiger partial charge >= 0.3 is 0 Å². The molecular weight excluding hydrogens is 422 g/mol. The van der Waals surface area contributed by atoms with Crippen molar-refractivity contribution in [2.24, 2.45) is 0 Å². The lowest BCUT2D eigenvalue weighted by atomic mass is 10.1. The lowest BCUT2D eigenvalue weighted by Gasteiger charge is -2.14. The van der Waals surface area contributed by atoms with Gasteiger partial charge in [-0.05, 0) is 48.2 Å². The number of hydrogen-bond acceptors (Lipinski definition) is 3. The Hall–Kier alpha value is -3.50. The van der Waals surface area contributed by atoms with Crippen molar-refractivity contribution in [1.82, 2.24) is 5.32 Å². The molecule has 1 amide bonds. The number of hydrogen-bond donors (Lipinski definition) is 1. The van der Waals surface area contributed by atoms with E-state index in [4.69, 9.17) is 21.1 Å². The largest absolute Gasteiger partial charge is 0.493 e. The first-order chi connectivity index (χ1) is 15.7. The number of benzene rings is 4. The van der Waals surface area contributed by atoms with E-state index in [0.29, 0.717) is 29.5 Å². The van der Waals surface area contributed by atoms with Gasteiger partial charge in [0, 0.05) is 28.1 Å². The molecule has 1 N–H and O–H groups in total. The van der Waals surface area contributed by atoms with E-state index in [0.717, 1.165) is 27.6 Å². The van der Waals surface area contributed by atoms with E-state index >= 15 is 0 Å². The Morgan fingerprint density at radius 1 is 0.844 bits per heavy atom. The zero-order valence-electron chi connectivity index (χ0n) is 17.8. The molecule has 5 heteroatoms. The summed E-state index contributed by atoms with van der Waals surface area (Å²) < 4.78 is 11.9. The van der Waals surface area contributed by atoms with Crippen molar-refractivity contribution in [3.63, 3.8) is 0 Å². The van der Waals surface area contributed by atoms with Gasteiger partial charge in [-0.25, -0.2) is 0 Å². The van der Waals surface area contributed by atoms with E-state index in [1.54, 1.807) is 6.07 Å². The summed E-state index contributed by atoms with van der Waals surface area (Å²) in [4.78, 5) is 12.8. The molecule has 4 nitrogen and oxygen atoms in total. The average Bonchev–Trinajstić information content (AvgIpc) is 2.83. The van der Waals surface area contributed by atoms with Gasteiger partial charge in [-0.1, -0.05) is 66.2 Å². The van der Waals surface area contributed by atoms with Crippen LogP contribution >= 0.6 is 11.6 Å². The van der Waals surface area contributed by atoms with Crippen LogP contribution in [0.3, 0.4) is 0 Å². The van der Waals surface area contributed by atoms with E-state index in [9.17, 15) is 4.79 Å². The van der Waals surface area contributed by atoms with Crippen LogP contribution in [0.1, 0.15) is 28.4 Å². The molecule has 4 aromatic rings. The zero-order chi connectivity index (χ0) is 22.3. The molecule has 0 aliphatic rings. The molecule has 0 aliphatic carbocycles. The van der Waals surface area contributed by atoms with Crippen LogP contribution < -0.4 is 14.8 Å². The number of amides is 1. The summed E-state index contributed by atoms with van der Waals surface area (Å²) in [6.07, 6.45) is 0. The third kappa shape index (κ3) is 5.04. The van der Waals surface area contributed by atoms with Crippen molar-refractivity contribution in [3.8, 4) is 11.5 Å². The third-order valence-electron chi connectivity index (χ3n) is 5.15. The smallest absolute Gasteiger partial charge is 0.251 e. The van der Waals surface area contributed by atoms with Gasteiger partial charge in [0.25, 0.3) is 5.91 Å². The van der Waals surface area contributed by atoms with Crippen LogP contribution in [0, 0.1) is 0 Å². The van der Waals surface area contributed by atoms with E-state index < -0.39 is 0 Å². The number of ether oxygens (including phenoxy) is 2. The number of carbonyl (C=O) groups excluding carboxylic acids is 1. The Morgan fingerprint density at radius 3 is 2.47 bits per heavy atom. The lowest BCUT2D eigenvalue weighted by Crippen LogP contribution is -2.23. The standard InChI is InChI=1S/C27H24ClNO3/c1-2-31-25-15-14-20(27(30)29-17-21-9-4-6-12-24(21)28)16-22(25)18-32-26-13-7-10-19-8-3-5-11-23(19)26/h3-16H,2,17-18H2,1H3,(H,29,30). The minimum Gasteiger partial charge on any atom is -0.493 e. The van der Waals surface area contributed by atoms with Crippen LogP contribution in [-0.4, -0.2) is 12.5 Å². The molecule has 0 aromatic heterocycles. The second kappa shape index (κ2) is 10.2. The molecule has 0 saturated heterocycles. The Labute approximate surface area is 192 Å². The Balaban J connectivity index is 1.52. The molecule has 0 bridgehead atoms. The number of nitrogens with one attached hydrogen (secondary N) is 1. The molecule has 0 fully saturated rings. The van der Waals surface area contributed by atoms with Gasteiger partial charge in [-0.15, -0.1) is 0 Å². The maximum Gasteiger partial charge on any atom is 0.251 e. The van der Waals surface area contributed by atoms with E-state index in [-0.39, 0.29) is 12.5 Å². The molecular formula is C27H24ClNO3. The molecule has 162 valence electrons. The molecule has 0 spiro atoms. The van der Waals surface area contributed by atoms with Crippen molar-refractivity contribution < 1.29 is 14.3 Å². The van der Waals surface area contributed by atoms with Gasteiger partial charge in [-0.3, -0.25) is 4.79 Å². The van der Waals surface area contributed by atoms with Gasteiger partial charge in [0.05, 0.1) is 6.61 Å². The quantitative estimate of drug-likeness (QED) is 0.341. The Morgan fingerprint density at radius 2 is 1.62 bits per heavy atom. The number of fused-ring (bicyclic) bond motifs is 1. The highest BCUT2D eigenvalue weighted by molar-refractivity contribution is 6.31.